The molecule has 0 aliphatic rings. The van der Waals surface area contributed by atoms with Gasteiger partial charge in [-0.2, -0.15) is 0 Å². The molecule has 1 rings (SSSR count). The Morgan fingerprint density at radius 3 is 2.52 bits per heavy atom. The Morgan fingerprint density at radius 2 is 2.05 bits per heavy atom. The second kappa shape index (κ2) is 8.66. The Balaban J connectivity index is 0.00000400. The molecule has 1 aromatic carbocycles. The van der Waals surface area contributed by atoms with E-state index in [-0.39, 0.29) is 23.9 Å². The van der Waals surface area contributed by atoms with Crippen LogP contribution in [0.5, 0.6) is 0 Å². The van der Waals surface area contributed by atoms with Gasteiger partial charge >= 0.3 is 0 Å². The van der Waals surface area contributed by atoms with Crippen LogP contribution in [-0.2, 0) is 0 Å². The van der Waals surface area contributed by atoms with Crippen LogP contribution in [0.2, 0.25) is 0 Å². The summed E-state index contributed by atoms with van der Waals surface area (Å²) in [7, 11) is 0. The highest BCUT2D eigenvalue weighted by Gasteiger charge is 2.26. The monoisotopic (exact) mass is 330 g/mol. The van der Waals surface area contributed by atoms with Gasteiger partial charge in [0, 0.05) is 22.5 Å². The zero-order valence-electron chi connectivity index (χ0n) is 13.5. The van der Waals surface area contributed by atoms with Gasteiger partial charge in [0.1, 0.15) is 0 Å². The molecule has 0 spiro atoms. The van der Waals surface area contributed by atoms with Crippen LogP contribution in [0.25, 0.3) is 0 Å². The van der Waals surface area contributed by atoms with E-state index < -0.39 is 0 Å². The van der Waals surface area contributed by atoms with E-state index >= 15 is 0 Å². The van der Waals surface area contributed by atoms with Crippen molar-refractivity contribution in [3.63, 3.8) is 0 Å². The van der Waals surface area contributed by atoms with E-state index in [0.717, 1.165) is 22.4 Å². The van der Waals surface area contributed by atoms with Crippen LogP contribution in [0.3, 0.4) is 0 Å². The van der Waals surface area contributed by atoms with Crippen LogP contribution in [0.4, 0.5) is 0 Å². The molecule has 1 amide bonds. The molecule has 3 N–H and O–H groups in total. The number of carbonyl (C=O) groups is 1. The quantitative estimate of drug-likeness (QED) is 0.783. The summed E-state index contributed by atoms with van der Waals surface area (Å²) in [6.45, 7) is 8.69. The van der Waals surface area contributed by atoms with Crippen LogP contribution < -0.4 is 11.1 Å². The number of hydrogen-bond acceptors (Lipinski definition) is 3. The lowest BCUT2D eigenvalue weighted by molar-refractivity contribution is 0.0897. The van der Waals surface area contributed by atoms with Crippen molar-refractivity contribution in [3.8, 4) is 0 Å². The first kappa shape index (κ1) is 20.3. The van der Waals surface area contributed by atoms with Crippen molar-refractivity contribution in [1.29, 1.82) is 0 Å². The van der Waals surface area contributed by atoms with E-state index in [1.165, 1.54) is 0 Å². The second-order valence-electron chi connectivity index (χ2n) is 6.00. The largest absolute Gasteiger partial charge is 0.346 e. The number of carbonyl (C=O) groups excluding carboxylic acids is 1. The molecule has 3 nitrogen and oxygen atoms in total. The molecule has 0 saturated heterocycles. The van der Waals surface area contributed by atoms with E-state index in [2.05, 4.69) is 19.2 Å². The first-order valence-electron chi connectivity index (χ1n) is 6.98. The van der Waals surface area contributed by atoms with Crippen LogP contribution >= 0.6 is 24.2 Å². The van der Waals surface area contributed by atoms with Crippen molar-refractivity contribution in [2.45, 2.75) is 44.6 Å². The summed E-state index contributed by atoms with van der Waals surface area (Å²) in [6, 6.07) is 5.97. The maximum atomic E-state index is 12.5. The number of amides is 1. The Hall–Kier alpha value is -0.710. The van der Waals surface area contributed by atoms with Gasteiger partial charge in [0.25, 0.3) is 5.91 Å². The Kier molecular flexibility index (Phi) is 8.37. The number of halogens is 1. The van der Waals surface area contributed by atoms with Gasteiger partial charge in [0.05, 0.1) is 0 Å². The summed E-state index contributed by atoms with van der Waals surface area (Å²) in [5.41, 5.74) is 7.23. The molecule has 0 bridgehead atoms. The molecule has 0 radical (unpaired) electrons. The fourth-order valence-corrected chi connectivity index (χ4v) is 2.84. The predicted molar refractivity (Wildman–Crippen MR) is 94.6 cm³/mol. The number of nitrogens with one attached hydrogen (secondary N) is 1. The molecule has 0 saturated carbocycles. The van der Waals surface area contributed by atoms with Crippen molar-refractivity contribution in [1.82, 2.24) is 5.32 Å². The molecule has 21 heavy (non-hydrogen) atoms. The maximum Gasteiger partial charge on any atom is 0.252 e. The molecular formula is C16H27ClN2OS. The van der Waals surface area contributed by atoms with Gasteiger partial charge in [-0.25, -0.2) is 0 Å². The van der Waals surface area contributed by atoms with Crippen molar-refractivity contribution in [2.24, 2.45) is 11.7 Å². The molecule has 0 aliphatic heterocycles. The van der Waals surface area contributed by atoms with Gasteiger partial charge < -0.3 is 11.1 Å². The third-order valence-corrected chi connectivity index (χ3v) is 4.14. The lowest BCUT2D eigenvalue weighted by Crippen LogP contribution is -2.52. The summed E-state index contributed by atoms with van der Waals surface area (Å²) < 4.78 is 0. The molecule has 1 atom stereocenters. The summed E-state index contributed by atoms with van der Waals surface area (Å²) in [5, 5.41) is 3.11. The summed E-state index contributed by atoms with van der Waals surface area (Å²) >= 11 is 1.64. The summed E-state index contributed by atoms with van der Waals surface area (Å²) in [4.78, 5) is 13.6. The van der Waals surface area contributed by atoms with Gasteiger partial charge in [-0.3, -0.25) is 4.79 Å². The van der Waals surface area contributed by atoms with E-state index in [1.54, 1.807) is 11.8 Å². The Bertz CT molecular complexity index is 479. The maximum absolute atomic E-state index is 12.5. The molecular weight excluding hydrogens is 304 g/mol. The number of rotatable bonds is 6. The molecule has 1 aromatic rings. The Morgan fingerprint density at radius 1 is 1.43 bits per heavy atom. The van der Waals surface area contributed by atoms with Crippen molar-refractivity contribution >= 4 is 30.1 Å². The predicted octanol–water partition coefficient (Wildman–Crippen LogP) is 3.63. The van der Waals surface area contributed by atoms with Crippen molar-refractivity contribution < 1.29 is 4.79 Å². The SMILES string of the molecule is CSc1ccc(C)c(C(=O)NC(C)(CN)CC(C)C)c1.Cl. The fourth-order valence-electron chi connectivity index (χ4n) is 2.40. The van der Waals surface area contributed by atoms with Crippen LogP contribution in [0.1, 0.15) is 43.1 Å². The minimum absolute atomic E-state index is 0. The second-order valence-corrected chi connectivity index (χ2v) is 6.88. The first-order chi connectivity index (χ1) is 9.31. The molecule has 0 fully saturated rings. The molecule has 0 aromatic heterocycles. The Labute approximate surface area is 138 Å². The van der Waals surface area contributed by atoms with Crippen LogP contribution in [0.15, 0.2) is 23.1 Å². The van der Waals surface area contributed by atoms with E-state index in [1.807, 2.05) is 38.3 Å². The van der Waals surface area contributed by atoms with E-state index in [9.17, 15) is 4.79 Å². The van der Waals surface area contributed by atoms with Crippen molar-refractivity contribution in [2.75, 3.05) is 12.8 Å². The fraction of sp³-hybridized carbons (Fsp3) is 0.562. The lowest BCUT2D eigenvalue weighted by atomic mass is 9.90. The standard InChI is InChI=1S/C16H26N2OS.ClH/c1-11(2)9-16(4,10-17)18-15(19)14-8-13(20-5)7-6-12(14)3;/h6-8,11H,9-10,17H2,1-5H3,(H,18,19);1H. The molecule has 120 valence electrons. The van der Waals surface area contributed by atoms with Crippen LogP contribution in [0, 0.1) is 12.8 Å². The highest BCUT2D eigenvalue weighted by molar-refractivity contribution is 7.98. The molecule has 0 aliphatic carbocycles. The molecule has 0 heterocycles. The van der Waals surface area contributed by atoms with Crippen molar-refractivity contribution in [3.05, 3.63) is 29.3 Å². The first-order valence-corrected chi connectivity index (χ1v) is 8.21. The van der Waals surface area contributed by atoms with Gasteiger partial charge in [-0.15, -0.1) is 24.2 Å². The van der Waals surface area contributed by atoms with Gasteiger partial charge in [0.2, 0.25) is 0 Å². The number of aryl methyl sites for hydroxylation is 1. The topological polar surface area (TPSA) is 55.1 Å². The number of hydrogen-bond donors (Lipinski definition) is 2. The third kappa shape index (κ3) is 5.89. The minimum atomic E-state index is -0.354. The minimum Gasteiger partial charge on any atom is -0.346 e. The van der Waals surface area contributed by atoms with E-state index in [4.69, 9.17) is 5.73 Å². The highest BCUT2D eigenvalue weighted by Crippen LogP contribution is 2.21. The number of nitrogens with two attached hydrogens (primary N) is 1. The number of benzene rings is 1. The normalized spacial score (nSPS) is 13.5. The van der Waals surface area contributed by atoms with Gasteiger partial charge in [0.15, 0.2) is 0 Å². The smallest absolute Gasteiger partial charge is 0.252 e. The lowest BCUT2D eigenvalue weighted by Gasteiger charge is -2.31. The summed E-state index contributed by atoms with van der Waals surface area (Å²) in [5.74, 6) is 0.453. The zero-order chi connectivity index (χ0) is 15.3. The zero-order valence-corrected chi connectivity index (χ0v) is 15.2. The average molecular weight is 331 g/mol. The molecule has 5 heteroatoms. The van der Waals surface area contributed by atoms with Crippen LogP contribution in [-0.4, -0.2) is 24.2 Å². The van der Waals surface area contributed by atoms with Gasteiger partial charge in [-0.05, 0) is 50.1 Å². The van der Waals surface area contributed by atoms with Gasteiger partial charge in [-0.1, -0.05) is 19.9 Å². The molecule has 1 unspecified atom stereocenters. The number of thioether (sulfide) groups is 1. The average Bonchev–Trinajstić information content (AvgIpc) is 2.38. The highest BCUT2D eigenvalue weighted by atomic mass is 35.5. The third-order valence-electron chi connectivity index (χ3n) is 3.41. The van der Waals surface area contributed by atoms with E-state index in [0.29, 0.717) is 12.5 Å². The summed E-state index contributed by atoms with van der Waals surface area (Å²) in [6.07, 6.45) is 2.88.